The Morgan fingerprint density at radius 2 is 2.12 bits per heavy atom. The van der Waals surface area contributed by atoms with Crippen molar-refractivity contribution in [2.24, 2.45) is 0 Å². The Bertz CT molecular complexity index is 254. The molecule has 0 aromatic rings. The summed E-state index contributed by atoms with van der Waals surface area (Å²) in [5.41, 5.74) is -0.580. The van der Waals surface area contributed by atoms with Crippen LogP contribution in [0.3, 0.4) is 0 Å². The van der Waals surface area contributed by atoms with Crippen molar-refractivity contribution in [3.63, 3.8) is 0 Å². The van der Waals surface area contributed by atoms with E-state index in [0.29, 0.717) is 6.04 Å². The zero-order valence-corrected chi connectivity index (χ0v) is 11.6. The van der Waals surface area contributed by atoms with Gasteiger partial charge in [-0.25, -0.2) is 0 Å². The van der Waals surface area contributed by atoms with Crippen molar-refractivity contribution in [1.82, 2.24) is 10.2 Å². The highest BCUT2D eigenvalue weighted by molar-refractivity contribution is 5.80. The normalized spacial score (nSPS) is 19.1. The van der Waals surface area contributed by atoms with Crippen LogP contribution in [0.15, 0.2) is 0 Å². The lowest BCUT2D eigenvalue weighted by molar-refractivity contribution is -0.148. The monoisotopic (exact) mass is 242 g/mol. The molecular formula is C13H26N2O2. The first kappa shape index (κ1) is 14.5. The molecule has 100 valence electrons. The Morgan fingerprint density at radius 1 is 1.47 bits per heavy atom. The lowest BCUT2D eigenvalue weighted by Gasteiger charge is -2.33. The van der Waals surface area contributed by atoms with Crippen molar-refractivity contribution in [3.05, 3.63) is 0 Å². The van der Waals surface area contributed by atoms with E-state index in [9.17, 15) is 4.79 Å². The quantitative estimate of drug-likeness (QED) is 0.653. The van der Waals surface area contributed by atoms with E-state index in [4.69, 9.17) is 4.74 Å². The van der Waals surface area contributed by atoms with Gasteiger partial charge in [0.1, 0.15) is 5.54 Å². The fourth-order valence-corrected chi connectivity index (χ4v) is 2.16. The molecule has 1 aliphatic rings. The van der Waals surface area contributed by atoms with Crippen LogP contribution in [-0.4, -0.2) is 49.2 Å². The topological polar surface area (TPSA) is 41.6 Å². The third-order valence-electron chi connectivity index (χ3n) is 3.39. The highest BCUT2D eigenvalue weighted by Gasteiger charge is 2.39. The van der Waals surface area contributed by atoms with E-state index in [-0.39, 0.29) is 5.97 Å². The number of ether oxygens (including phenoxy) is 1. The van der Waals surface area contributed by atoms with Crippen LogP contribution in [0.2, 0.25) is 0 Å². The summed E-state index contributed by atoms with van der Waals surface area (Å²) in [6, 6.07) is 0.674. The van der Waals surface area contributed by atoms with Crippen molar-refractivity contribution in [3.8, 4) is 0 Å². The maximum Gasteiger partial charge on any atom is 0.327 e. The number of hydrogen-bond acceptors (Lipinski definition) is 4. The van der Waals surface area contributed by atoms with Crippen LogP contribution < -0.4 is 5.32 Å². The smallest absolute Gasteiger partial charge is 0.327 e. The minimum absolute atomic E-state index is 0.162. The standard InChI is InChI=1S/C13H26N2O2/c1-5-9-14-13(3,12(16)17-4)10-15(6-2)11-7-8-11/h11,14H,5-10H2,1-4H3. The van der Waals surface area contributed by atoms with Gasteiger partial charge in [0.15, 0.2) is 0 Å². The number of methoxy groups -OCH3 is 1. The van der Waals surface area contributed by atoms with E-state index in [0.717, 1.165) is 26.1 Å². The van der Waals surface area contributed by atoms with Crippen LogP contribution >= 0.6 is 0 Å². The molecule has 0 radical (unpaired) electrons. The van der Waals surface area contributed by atoms with Gasteiger partial charge in [0.25, 0.3) is 0 Å². The molecule has 1 saturated carbocycles. The Labute approximate surface area is 105 Å². The Kier molecular flexibility index (Phi) is 5.40. The number of carbonyl (C=O) groups excluding carboxylic acids is 1. The zero-order chi connectivity index (χ0) is 12.9. The predicted octanol–water partition coefficient (Wildman–Crippen LogP) is 1.40. The molecule has 0 heterocycles. The maximum atomic E-state index is 11.9. The van der Waals surface area contributed by atoms with Crippen molar-refractivity contribution in [2.45, 2.75) is 51.6 Å². The molecule has 1 N–H and O–H groups in total. The molecule has 0 saturated heterocycles. The number of hydrogen-bond donors (Lipinski definition) is 1. The minimum Gasteiger partial charge on any atom is -0.468 e. The molecule has 0 amide bonds. The first-order valence-corrected chi connectivity index (χ1v) is 6.64. The van der Waals surface area contributed by atoms with Crippen LogP contribution in [0.25, 0.3) is 0 Å². The van der Waals surface area contributed by atoms with Crippen LogP contribution in [0.4, 0.5) is 0 Å². The molecule has 4 nitrogen and oxygen atoms in total. The Balaban J connectivity index is 2.63. The molecule has 1 atom stereocenters. The summed E-state index contributed by atoms with van der Waals surface area (Å²) in [5, 5.41) is 3.33. The second-order valence-electron chi connectivity index (χ2n) is 5.04. The number of carbonyl (C=O) groups is 1. The molecule has 0 aromatic heterocycles. The number of nitrogens with zero attached hydrogens (tertiary/aromatic N) is 1. The van der Waals surface area contributed by atoms with Gasteiger partial charge in [0.05, 0.1) is 7.11 Å². The average molecular weight is 242 g/mol. The maximum absolute atomic E-state index is 11.9. The highest BCUT2D eigenvalue weighted by atomic mass is 16.5. The van der Waals surface area contributed by atoms with Gasteiger partial charge in [0.2, 0.25) is 0 Å². The molecule has 4 heteroatoms. The third-order valence-corrected chi connectivity index (χ3v) is 3.39. The summed E-state index contributed by atoms with van der Waals surface area (Å²) < 4.78 is 4.93. The fourth-order valence-electron chi connectivity index (χ4n) is 2.16. The van der Waals surface area contributed by atoms with Crippen molar-refractivity contribution in [2.75, 3.05) is 26.7 Å². The summed E-state index contributed by atoms with van der Waals surface area (Å²) in [4.78, 5) is 14.3. The fraction of sp³-hybridized carbons (Fsp3) is 0.923. The van der Waals surface area contributed by atoms with Crippen molar-refractivity contribution >= 4 is 5.97 Å². The van der Waals surface area contributed by atoms with Crippen molar-refractivity contribution in [1.29, 1.82) is 0 Å². The predicted molar refractivity (Wildman–Crippen MR) is 69.0 cm³/mol. The Hall–Kier alpha value is -0.610. The molecule has 17 heavy (non-hydrogen) atoms. The Morgan fingerprint density at radius 3 is 2.53 bits per heavy atom. The second-order valence-corrected chi connectivity index (χ2v) is 5.04. The lowest BCUT2D eigenvalue weighted by Crippen LogP contribution is -2.58. The molecule has 0 aliphatic heterocycles. The van der Waals surface area contributed by atoms with Gasteiger partial charge in [-0.15, -0.1) is 0 Å². The number of esters is 1. The summed E-state index contributed by atoms with van der Waals surface area (Å²) in [7, 11) is 1.46. The first-order valence-electron chi connectivity index (χ1n) is 6.64. The van der Waals surface area contributed by atoms with E-state index in [1.165, 1.54) is 20.0 Å². The van der Waals surface area contributed by atoms with Crippen LogP contribution in [0.1, 0.15) is 40.0 Å². The van der Waals surface area contributed by atoms with Gasteiger partial charge in [-0.3, -0.25) is 9.69 Å². The molecule has 0 aromatic carbocycles. The molecule has 0 bridgehead atoms. The molecule has 1 unspecified atom stereocenters. The summed E-state index contributed by atoms with van der Waals surface area (Å²) in [6.07, 6.45) is 3.54. The van der Waals surface area contributed by atoms with Crippen LogP contribution in [0.5, 0.6) is 0 Å². The molecule has 1 rings (SSSR count). The molecular weight excluding hydrogens is 216 g/mol. The van der Waals surface area contributed by atoms with Gasteiger partial charge >= 0.3 is 5.97 Å². The van der Waals surface area contributed by atoms with Crippen LogP contribution in [-0.2, 0) is 9.53 Å². The summed E-state index contributed by atoms with van der Waals surface area (Å²) in [6.45, 7) is 8.76. The van der Waals surface area contributed by atoms with E-state index < -0.39 is 5.54 Å². The number of likely N-dealkylation sites (N-methyl/N-ethyl adjacent to an activating group) is 1. The van der Waals surface area contributed by atoms with E-state index in [1.807, 2.05) is 6.92 Å². The number of nitrogens with one attached hydrogen (secondary N) is 1. The van der Waals surface area contributed by atoms with E-state index >= 15 is 0 Å². The summed E-state index contributed by atoms with van der Waals surface area (Å²) >= 11 is 0. The van der Waals surface area contributed by atoms with E-state index in [2.05, 4.69) is 24.1 Å². The largest absolute Gasteiger partial charge is 0.468 e. The number of rotatable bonds is 8. The second kappa shape index (κ2) is 6.36. The molecule has 1 aliphatic carbocycles. The highest BCUT2D eigenvalue weighted by Crippen LogP contribution is 2.28. The zero-order valence-electron chi connectivity index (χ0n) is 11.6. The van der Waals surface area contributed by atoms with Gasteiger partial charge in [-0.2, -0.15) is 0 Å². The van der Waals surface area contributed by atoms with Gasteiger partial charge < -0.3 is 10.1 Å². The van der Waals surface area contributed by atoms with Gasteiger partial charge in [-0.05, 0) is 39.3 Å². The first-order chi connectivity index (χ1) is 8.07. The molecule has 0 spiro atoms. The lowest BCUT2D eigenvalue weighted by atomic mass is 10.0. The van der Waals surface area contributed by atoms with Crippen molar-refractivity contribution < 1.29 is 9.53 Å². The van der Waals surface area contributed by atoms with E-state index in [1.54, 1.807) is 0 Å². The van der Waals surface area contributed by atoms with Crippen LogP contribution in [0, 0.1) is 0 Å². The van der Waals surface area contributed by atoms with Gasteiger partial charge in [0, 0.05) is 12.6 Å². The summed E-state index contributed by atoms with van der Waals surface area (Å²) in [5.74, 6) is -0.162. The minimum atomic E-state index is -0.580. The SMILES string of the molecule is CCCNC(C)(CN(CC)C1CC1)C(=O)OC. The molecule has 1 fully saturated rings. The van der Waals surface area contributed by atoms with Gasteiger partial charge in [-0.1, -0.05) is 13.8 Å². The third kappa shape index (κ3) is 3.96. The average Bonchev–Trinajstić information content (AvgIpc) is 3.16.